The van der Waals surface area contributed by atoms with Crippen molar-refractivity contribution in [2.75, 3.05) is 19.8 Å². The summed E-state index contributed by atoms with van der Waals surface area (Å²) in [6.45, 7) is 5.93. The highest BCUT2D eigenvalue weighted by Crippen LogP contribution is 2.19. The second-order valence-corrected chi connectivity index (χ2v) is 4.28. The minimum atomic E-state index is 0.0950. The van der Waals surface area contributed by atoms with Crippen LogP contribution in [-0.2, 0) is 4.74 Å². The van der Waals surface area contributed by atoms with Gasteiger partial charge in [0.15, 0.2) is 5.84 Å². The predicted octanol–water partition coefficient (Wildman–Crippen LogP) is 2.29. The van der Waals surface area contributed by atoms with E-state index in [9.17, 15) is 0 Å². The summed E-state index contributed by atoms with van der Waals surface area (Å²) in [5.41, 5.74) is 7.14. The maximum atomic E-state index is 8.61. The third kappa shape index (κ3) is 5.18. The topological polar surface area (TPSA) is 77.1 Å². The largest absolute Gasteiger partial charge is 0.491 e. The third-order valence-electron chi connectivity index (χ3n) is 2.71. The Morgan fingerprint density at radius 1 is 1.32 bits per heavy atom. The number of aryl methyl sites for hydroxylation is 1. The van der Waals surface area contributed by atoms with E-state index in [1.807, 2.05) is 19.1 Å². The summed E-state index contributed by atoms with van der Waals surface area (Å²) < 4.78 is 11.0. The molecule has 106 valence electrons. The molecule has 0 amide bonds. The van der Waals surface area contributed by atoms with E-state index in [1.165, 1.54) is 0 Å². The van der Waals surface area contributed by atoms with Crippen LogP contribution in [0.1, 0.15) is 30.9 Å². The van der Waals surface area contributed by atoms with E-state index in [0.717, 1.165) is 30.8 Å². The van der Waals surface area contributed by atoms with Crippen LogP contribution in [0.25, 0.3) is 0 Å². The molecule has 0 saturated heterocycles. The summed E-state index contributed by atoms with van der Waals surface area (Å²) in [6, 6.07) is 5.40. The highest BCUT2D eigenvalue weighted by Gasteiger charge is 2.04. The summed E-state index contributed by atoms with van der Waals surface area (Å²) in [7, 11) is 0. The van der Waals surface area contributed by atoms with Gasteiger partial charge in [-0.25, -0.2) is 0 Å². The molecule has 5 nitrogen and oxygen atoms in total. The van der Waals surface area contributed by atoms with Gasteiger partial charge >= 0.3 is 0 Å². The average molecular weight is 266 g/mol. The summed E-state index contributed by atoms with van der Waals surface area (Å²) >= 11 is 0. The first-order chi connectivity index (χ1) is 9.19. The monoisotopic (exact) mass is 266 g/mol. The van der Waals surface area contributed by atoms with Crippen molar-refractivity contribution < 1.29 is 14.7 Å². The van der Waals surface area contributed by atoms with Crippen molar-refractivity contribution in [3.8, 4) is 5.75 Å². The molecule has 0 aliphatic rings. The van der Waals surface area contributed by atoms with Crippen molar-refractivity contribution in [2.45, 2.75) is 26.7 Å². The Bertz CT molecular complexity index is 419. The van der Waals surface area contributed by atoms with Crippen molar-refractivity contribution in [2.24, 2.45) is 10.9 Å². The van der Waals surface area contributed by atoms with Gasteiger partial charge in [0.1, 0.15) is 12.4 Å². The minimum absolute atomic E-state index is 0.0950. The van der Waals surface area contributed by atoms with Gasteiger partial charge in [-0.1, -0.05) is 18.5 Å². The molecule has 1 aromatic rings. The molecule has 5 heteroatoms. The van der Waals surface area contributed by atoms with E-state index in [-0.39, 0.29) is 5.84 Å². The molecule has 3 N–H and O–H groups in total. The van der Waals surface area contributed by atoms with Crippen LogP contribution in [0.5, 0.6) is 5.75 Å². The average Bonchev–Trinajstić information content (AvgIpc) is 2.43. The van der Waals surface area contributed by atoms with Gasteiger partial charge in [-0.15, -0.1) is 0 Å². The van der Waals surface area contributed by atoms with Crippen LogP contribution in [0.4, 0.5) is 0 Å². The summed E-state index contributed by atoms with van der Waals surface area (Å²) in [5.74, 6) is 0.881. The molecule has 0 radical (unpaired) electrons. The number of nitrogens with two attached hydrogens (primary N) is 1. The Kier molecular flexibility index (Phi) is 6.74. The van der Waals surface area contributed by atoms with Crippen LogP contribution in [-0.4, -0.2) is 30.9 Å². The molecule has 1 rings (SSSR count). The van der Waals surface area contributed by atoms with Gasteiger partial charge in [0.05, 0.1) is 6.61 Å². The maximum Gasteiger partial charge on any atom is 0.170 e. The van der Waals surface area contributed by atoms with E-state index in [4.69, 9.17) is 20.4 Å². The van der Waals surface area contributed by atoms with Crippen molar-refractivity contribution in [3.63, 3.8) is 0 Å². The zero-order valence-electron chi connectivity index (χ0n) is 11.6. The number of hydrogen-bond acceptors (Lipinski definition) is 4. The van der Waals surface area contributed by atoms with Crippen LogP contribution >= 0.6 is 0 Å². The minimum Gasteiger partial charge on any atom is -0.491 e. The first kappa shape index (κ1) is 15.3. The van der Waals surface area contributed by atoms with E-state index in [0.29, 0.717) is 18.8 Å². The van der Waals surface area contributed by atoms with E-state index >= 15 is 0 Å². The fourth-order valence-corrected chi connectivity index (χ4v) is 1.59. The third-order valence-corrected chi connectivity index (χ3v) is 2.71. The standard InChI is InChI=1S/C14H22N2O3/c1-3-4-7-18-8-9-19-13-6-5-12(10-11(13)2)14(15)16-17/h5-6,10,17H,3-4,7-9H2,1-2H3,(H2,15,16). The zero-order chi connectivity index (χ0) is 14.1. The summed E-state index contributed by atoms with van der Waals surface area (Å²) in [4.78, 5) is 0. The Labute approximate surface area is 114 Å². The molecule has 0 aliphatic carbocycles. The van der Waals surface area contributed by atoms with Crippen LogP contribution in [0.2, 0.25) is 0 Å². The molecule has 0 aromatic heterocycles. The van der Waals surface area contributed by atoms with Crippen LogP contribution in [0.15, 0.2) is 23.4 Å². The SMILES string of the molecule is CCCCOCCOc1ccc(/C(N)=N/O)cc1C. The van der Waals surface area contributed by atoms with Gasteiger partial charge in [-0.05, 0) is 37.1 Å². The van der Waals surface area contributed by atoms with Gasteiger partial charge in [0.2, 0.25) is 0 Å². The van der Waals surface area contributed by atoms with E-state index < -0.39 is 0 Å². The first-order valence-corrected chi connectivity index (χ1v) is 6.48. The molecular weight excluding hydrogens is 244 g/mol. The summed E-state index contributed by atoms with van der Waals surface area (Å²) in [6.07, 6.45) is 2.21. The zero-order valence-corrected chi connectivity index (χ0v) is 11.6. The van der Waals surface area contributed by atoms with Crippen LogP contribution < -0.4 is 10.5 Å². The maximum absolute atomic E-state index is 8.61. The van der Waals surface area contributed by atoms with E-state index in [2.05, 4.69) is 12.1 Å². The van der Waals surface area contributed by atoms with Crippen molar-refractivity contribution in [1.29, 1.82) is 0 Å². The Morgan fingerprint density at radius 3 is 2.74 bits per heavy atom. The fraction of sp³-hybridized carbons (Fsp3) is 0.500. The molecule has 0 atom stereocenters. The second-order valence-electron chi connectivity index (χ2n) is 4.28. The van der Waals surface area contributed by atoms with Gasteiger partial charge in [0, 0.05) is 12.2 Å². The predicted molar refractivity (Wildman–Crippen MR) is 74.9 cm³/mol. The number of ether oxygens (including phenoxy) is 2. The number of unbranched alkanes of at least 4 members (excludes halogenated alkanes) is 1. The van der Waals surface area contributed by atoms with Gasteiger partial charge in [0.25, 0.3) is 0 Å². The van der Waals surface area contributed by atoms with Gasteiger partial charge in [-0.2, -0.15) is 0 Å². The number of nitrogens with zero attached hydrogens (tertiary/aromatic N) is 1. The number of rotatable bonds is 8. The molecule has 0 fully saturated rings. The van der Waals surface area contributed by atoms with Crippen molar-refractivity contribution in [1.82, 2.24) is 0 Å². The van der Waals surface area contributed by atoms with Gasteiger partial charge in [-0.3, -0.25) is 0 Å². The first-order valence-electron chi connectivity index (χ1n) is 6.48. The lowest BCUT2D eigenvalue weighted by molar-refractivity contribution is 0.0978. The molecule has 0 aliphatic heterocycles. The highest BCUT2D eigenvalue weighted by atomic mass is 16.5. The lowest BCUT2D eigenvalue weighted by atomic mass is 10.1. The lowest BCUT2D eigenvalue weighted by Gasteiger charge is -2.10. The van der Waals surface area contributed by atoms with Crippen molar-refractivity contribution in [3.05, 3.63) is 29.3 Å². The molecule has 1 aromatic carbocycles. The second kappa shape index (κ2) is 8.37. The number of hydrogen-bond donors (Lipinski definition) is 2. The van der Waals surface area contributed by atoms with Crippen LogP contribution in [0, 0.1) is 6.92 Å². The number of benzene rings is 1. The lowest BCUT2D eigenvalue weighted by Crippen LogP contribution is -2.13. The van der Waals surface area contributed by atoms with E-state index in [1.54, 1.807) is 6.07 Å². The fourth-order valence-electron chi connectivity index (χ4n) is 1.59. The van der Waals surface area contributed by atoms with Crippen LogP contribution in [0.3, 0.4) is 0 Å². The smallest absolute Gasteiger partial charge is 0.170 e. The highest BCUT2D eigenvalue weighted by molar-refractivity contribution is 5.97. The quantitative estimate of drug-likeness (QED) is 0.249. The number of amidine groups is 1. The Hall–Kier alpha value is -1.75. The Morgan fingerprint density at radius 2 is 2.11 bits per heavy atom. The summed E-state index contributed by atoms with van der Waals surface area (Å²) in [5, 5.41) is 11.6. The molecule has 0 heterocycles. The van der Waals surface area contributed by atoms with Crippen molar-refractivity contribution >= 4 is 5.84 Å². The number of oxime groups is 1. The molecule has 0 bridgehead atoms. The normalized spacial score (nSPS) is 11.6. The van der Waals surface area contributed by atoms with Gasteiger partial charge < -0.3 is 20.4 Å². The molecule has 0 spiro atoms. The molecule has 0 saturated carbocycles. The molecular formula is C14H22N2O3. The Balaban J connectivity index is 2.43. The molecule has 19 heavy (non-hydrogen) atoms. The molecule has 0 unspecified atom stereocenters.